The molecule has 2 aromatic carbocycles. The molecule has 0 bridgehead atoms. The topological polar surface area (TPSA) is 101 Å². The molecule has 1 aliphatic heterocycles. The molecule has 0 saturated heterocycles. The lowest BCUT2D eigenvalue weighted by Gasteiger charge is -2.07. The summed E-state index contributed by atoms with van der Waals surface area (Å²) in [6, 6.07) is 10.7. The summed E-state index contributed by atoms with van der Waals surface area (Å²) >= 11 is 0. The second-order valence-electron chi connectivity index (χ2n) is 6.20. The Morgan fingerprint density at radius 2 is 1.63 bits per heavy atom. The molecule has 0 aromatic heterocycles. The fraction of sp³-hybridized carbons (Fsp3) is 0.211. The molecule has 1 heterocycles. The summed E-state index contributed by atoms with van der Waals surface area (Å²) in [5, 5.41) is 2.69. The van der Waals surface area contributed by atoms with E-state index in [0.717, 1.165) is 4.90 Å². The van der Waals surface area contributed by atoms with Gasteiger partial charge in [-0.1, -0.05) is 19.1 Å². The van der Waals surface area contributed by atoms with Crippen molar-refractivity contribution in [1.29, 1.82) is 0 Å². The highest BCUT2D eigenvalue weighted by Crippen LogP contribution is 2.25. The van der Waals surface area contributed by atoms with Crippen LogP contribution in [0.15, 0.2) is 47.4 Å². The number of hydrogen-bond donors (Lipinski definition) is 1. The molecule has 0 aliphatic carbocycles. The highest BCUT2D eigenvalue weighted by atomic mass is 32.2. The first kappa shape index (κ1) is 18.8. The van der Waals surface area contributed by atoms with Crippen LogP contribution in [0.5, 0.6) is 0 Å². The molecule has 0 radical (unpaired) electrons. The van der Waals surface area contributed by atoms with Gasteiger partial charge in [0.1, 0.15) is 0 Å². The van der Waals surface area contributed by atoms with Gasteiger partial charge in [0.15, 0.2) is 9.84 Å². The normalized spacial score (nSPS) is 13.6. The van der Waals surface area contributed by atoms with E-state index in [1.165, 1.54) is 31.3 Å². The fourth-order valence-electron chi connectivity index (χ4n) is 2.81. The molecule has 27 heavy (non-hydrogen) atoms. The lowest BCUT2D eigenvalue weighted by molar-refractivity contribution is -0.115. The van der Waals surface area contributed by atoms with Crippen molar-refractivity contribution in [3.63, 3.8) is 0 Å². The van der Waals surface area contributed by atoms with Gasteiger partial charge >= 0.3 is 0 Å². The molecular weight excluding hydrogens is 368 g/mol. The Morgan fingerprint density at radius 1 is 1.00 bits per heavy atom. The van der Waals surface area contributed by atoms with Crippen molar-refractivity contribution in [1.82, 2.24) is 4.90 Å². The minimum Gasteiger partial charge on any atom is -0.326 e. The van der Waals surface area contributed by atoms with Crippen molar-refractivity contribution in [3.8, 4) is 0 Å². The van der Waals surface area contributed by atoms with Crippen molar-refractivity contribution in [2.45, 2.75) is 18.2 Å². The van der Waals surface area contributed by atoms with Gasteiger partial charge in [-0.3, -0.25) is 19.3 Å². The molecule has 0 unspecified atom stereocenters. The van der Waals surface area contributed by atoms with Gasteiger partial charge in [0.25, 0.3) is 11.8 Å². The van der Waals surface area contributed by atoms with Crippen LogP contribution in [-0.2, 0) is 21.1 Å². The van der Waals surface area contributed by atoms with Crippen molar-refractivity contribution in [2.24, 2.45) is 0 Å². The zero-order chi connectivity index (χ0) is 19.8. The van der Waals surface area contributed by atoms with Gasteiger partial charge in [0, 0.05) is 12.7 Å². The van der Waals surface area contributed by atoms with Crippen molar-refractivity contribution in [3.05, 3.63) is 59.2 Å². The van der Waals surface area contributed by atoms with E-state index in [1.54, 1.807) is 25.1 Å². The number of rotatable bonds is 5. The number of hydrogen-bond acceptors (Lipinski definition) is 5. The SMILES string of the molecule is CCS(=O)(=O)c1ccc(CC(=O)Nc2ccc3c(c2)C(=O)N(C)C3=O)cc1. The largest absolute Gasteiger partial charge is 0.326 e. The van der Waals surface area contributed by atoms with Crippen LogP contribution in [0.3, 0.4) is 0 Å². The molecular formula is C19H18N2O5S. The third-order valence-electron chi connectivity index (χ3n) is 4.40. The van der Waals surface area contributed by atoms with E-state index in [4.69, 9.17) is 0 Å². The maximum atomic E-state index is 12.2. The lowest BCUT2D eigenvalue weighted by atomic mass is 10.1. The molecule has 0 spiro atoms. The number of carbonyl (C=O) groups excluding carboxylic acids is 3. The number of nitrogens with one attached hydrogen (secondary N) is 1. The molecule has 2 aromatic rings. The summed E-state index contributed by atoms with van der Waals surface area (Å²) in [4.78, 5) is 37.4. The number of anilines is 1. The van der Waals surface area contributed by atoms with Crippen LogP contribution in [0.1, 0.15) is 33.2 Å². The number of nitrogens with zero attached hydrogens (tertiary/aromatic N) is 1. The summed E-state index contributed by atoms with van der Waals surface area (Å²) in [6.07, 6.45) is 0.0519. The average molecular weight is 386 g/mol. The smallest absolute Gasteiger partial charge is 0.261 e. The van der Waals surface area contributed by atoms with Gasteiger partial charge in [0.2, 0.25) is 5.91 Å². The third kappa shape index (κ3) is 3.61. The number of imide groups is 1. The van der Waals surface area contributed by atoms with Crippen LogP contribution in [0, 0.1) is 0 Å². The van der Waals surface area contributed by atoms with Gasteiger partial charge < -0.3 is 5.32 Å². The molecule has 1 N–H and O–H groups in total. The van der Waals surface area contributed by atoms with E-state index in [9.17, 15) is 22.8 Å². The number of benzene rings is 2. The highest BCUT2D eigenvalue weighted by Gasteiger charge is 2.32. The zero-order valence-electron chi connectivity index (χ0n) is 14.9. The Bertz CT molecular complexity index is 1040. The molecule has 3 rings (SSSR count). The van der Waals surface area contributed by atoms with Crippen LogP contribution in [-0.4, -0.2) is 43.8 Å². The Hall–Kier alpha value is -3.00. The predicted molar refractivity (Wildman–Crippen MR) is 99.4 cm³/mol. The summed E-state index contributed by atoms with van der Waals surface area (Å²) in [5.74, 6) is -1.07. The Morgan fingerprint density at radius 3 is 2.26 bits per heavy atom. The Balaban J connectivity index is 1.70. The standard InChI is InChI=1S/C19H18N2O5S/c1-3-27(25,26)14-7-4-12(5-8-14)10-17(22)20-13-6-9-15-16(11-13)19(24)21(2)18(15)23/h4-9,11H,3,10H2,1-2H3,(H,20,22). The van der Waals surface area contributed by atoms with Crippen LogP contribution in [0.2, 0.25) is 0 Å². The minimum absolute atomic E-state index is 0.0154. The maximum Gasteiger partial charge on any atom is 0.261 e. The van der Waals surface area contributed by atoms with E-state index in [0.29, 0.717) is 16.8 Å². The van der Waals surface area contributed by atoms with Crippen molar-refractivity contribution < 1.29 is 22.8 Å². The van der Waals surface area contributed by atoms with Crippen molar-refractivity contribution >= 4 is 33.2 Å². The quantitative estimate of drug-likeness (QED) is 0.791. The monoisotopic (exact) mass is 386 g/mol. The fourth-order valence-corrected chi connectivity index (χ4v) is 3.69. The zero-order valence-corrected chi connectivity index (χ0v) is 15.7. The van der Waals surface area contributed by atoms with Crippen LogP contribution < -0.4 is 5.32 Å². The summed E-state index contributed by atoms with van der Waals surface area (Å²) in [7, 11) is -1.87. The number of amides is 3. The molecule has 0 atom stereocenters. The Labute approximate surface area is 156 Å². The third-order valence-corrected chi connectivity index (χ3v) is 6.15. The first-order chi connectivity index (χ1) is 12.7. The number of fused-ring (bicyclic) bond motifs is 1. The van der Waals surface area contributed by atoms with E-state index < -0.39 is 15.7 Å². The number of sulfone groups is 1. The highest BCUT2D eigenvalue weighted by molar-refractivity contribution is 7.91. The summed E-state index contributed by atoms with van der Waals surface area (Å²) < 4.78 is 23.6. The lowest BCUT2D eigenvalue weighted by Crippen LogP contribution is -2.24. The second kappa shape index (κ2) is 6.96. The van der Waals surface area contributed by atoms with Crippen molar-refractivity contribution in [2.75, 3.05) is 18.1 Å². The van der Waals surface area contributed by atoms with E-state index in [1.807, 2.05) is 0 Å². The van der Waals surface area contributed by atoms with Gasteiger partial charge in [-0.25, -0.2) is 8.42 Å². The maximum absolute atomic E-state index is 12.2. The average Bonchev–Trinajstić information content (AvgIpc) is 2.86. The molecule has 140 valence electrons. The van der Waals surface area contributed by atoms with Gasteiger partial charge in [0.05, 0.1) is 28.2 Å². The molecule has 0 fully saturated rings. The van der Waals surface area contributed by atoms with Gasteiger partial charge in [-0.2, -0.15) is 0 Å². The molecule has 8 heteroatoms. The summed E-state index contributed by atoms with van der Waals surface area (Å²) in [6.45, 7) is 1.57. The first-order valence-corrected chi connectivity index (χ1v) is 9.96. The summed E-state index contributed by atoms with van der Waals surface area (Å²) in [5.41, 5.74) is 1.65. The molecule has 0 saturated carbocycles. The van der Waals surface area contributed by atoms with Gasteiger partial charge in [-0.05, 0) is 35.9 Å². The van der Waals surface area contributed by atoms with Crippen LogP contribution in [0.25, 0.3) is 0 Å². The second-order valence-corrected chi connectivity index (χ2v) is 8.48. The number of carbonyl (C=O) groups is 3. The molecule has 3 amide bonds. The van der Waals surface area contributed by atoms with E-state index >= 15 is 0 Å². The minimum atomic E-state index is -3.28. The first-order valence-electron chi connectivity index (χ1n) is 8.31. The van der Waals surface area contributed by atoms with E-state index in [-0.39, 0.29) is 34.4 Å². The van der Waals surface area contributed by atoms with E-state index in [2.05, 4.69) is 5.32 Å². The molecule has 1 aliphatic rings. The van der Waals surface area contributed by atoms with Gasteiger partial charge in [-0.15, -0.1) is 0 Å². The Kier molecular flexibility index (Phi) is 4.84. The predicted octanol–water partition coefficient (Wildman–Crippen LogP) is 1.89. The van der Waals surface area contributed by atoms with Crippen LogP contribution >= 0.6 is 0 Å². The van der Waals surface area contributed by atoms with Crippen LogP contribution in [0.4, 0.5) is 5.69 Å². The molecule has 7 nitrogen and oxygen atoms in total.